The Balaban J connectivity index is 2.51. The van der Waals surface area contributed by atoms with Gasteiger partial charge in [-0.2, -0.15) is 0 Å². The number of halogens is 1. The van der Waals surface area contributed by atoms with Gasteiger partial charge in [-0.05, 0) is 46.5 Å². The zero-order valence-corrected chi connectivity index (χ0v) is 11.2. The maximum Gasteiger partial charge on any atom is 0.138 e. The molecule has 0 unspecified atom stereocenters. The van der Waals surface area contributed by atoms with E-state index >= 15 is 0 Å². The summed E-state index contributed by atoms with van der Waals surface area (Å²) in [5, 5.41) is 10.8. The van der Waals surface area contributed by atoms with Gasteiger partial charge in [-0.3, -0.25) is 0 Å². The van der Waals surface area contributed by atoms with Crippen LogP contribution in [0.1, 0.15) is 18.7 Å². The van der Waals surface area contributed by atoms with Gasteiger partial charge >= 0.3 is 0 Å². The number of hydrogen-bond donors (Lipinski definition) is 1. The summed E-state index contributed by atoms with van der Waals surface area (Å²) in [7, 11) is 0. The van der Waals surface area contributed by atoms with Crippen molar-refractivity contribution >= 4 is 37.4 Å². The van der Waals surface area contributed by atoms with Crippen LogP contribution in [0.3, 0.4) is 0 Å². The van der Waals surface area contributed by atoms with Crippen LogP contribution in [0.2, 0.25) is 0 Å². The molecule has 0 aliphatic heterocycles. The highest BCUT2D eigenvalue weighted by Crippen LogP contribution is 2.37. The Kier molecular flexibility index (Phi) is 3.03. The highest BCUT2D eigenvalue weighted by molar-refractivity contribution is 9.10. The summed E-state index contributed by atoms with van der Waals surface area (Å²) in [4.78, 5) is 1.34. The van der Waals surface area contributed by atoms with Crippen molar-refractivity contribution in [3.63, 3.8) is 0 Å². The van der Waals surface area contributed by atoms with Crippen molar-refractivity contribution in [1.82, 2.24) is 0 Å². The summed E-state index contributed by atoms with van der Waals surface area (Å²) in [6.45, 7) is 4.42. The van der Waals surface area contributed by atoms with Crippen molar-refractivity contribution in [2.24, 2.45) is 5.92 Å². The molecule has 0 atom stereocenters. The summed E-state index contributed by atoms with van der Waals surface area (Å²) in [5.41, 5.74) is 0. The molecule has 0 aliphatic carbocycles. The van der Waals surface area contributed by atoms with Crippen LogP contribution in [0.15, 0.2) is 22.7 Å². The number of aromatic hydroxyl groups is 1. The van der Waals surface area contributed by atoms with E-state index in [-0.39, 0.29) is 0 Å². The standard InChI is InChI=1S/C12H13BrOS/c1-7(2)5-8-6-9-11(15-8)4-3-10(13)12(9)14/h3-4,6-7,14H,5H2,1-2H3. The van der Waals surface area contributed by atoms with Crippen LogP contribution in [0, 0.1) is 5.92 Å². The number of thiophene rings is 1. The van der Waals surface area contributed by atoms with Crippen LogP contribution in [0.25, 0.3) is 10.1 Å². The molecule has 0 radical (unpaired) electrons. The summed E-state index contributed by atoms with van der Waals surface area (Å²) in [5.74, 6) is 1.02. The van der Waals surface area contributed by atoms with E-state index in [0.717, 1.165) is 21.0 Å². The molecule has 2 rings (SSSR count). The van der Waals surface area contributed by atoms with E-state index in [1.54, 1.807) is 11.3 Å². The molecule has 0 amide bonds. The second kappa shape index (κ2) is 4.14. The topological polar surface area (TPSA) is 20.2 Å². The van der Waals surface area contributed by atoms with Gasteiger partial charge in [0.15, 0.2) is 0 Å². The Labute approximate surface area is 102 Å². The van der Waals surface area contributed by atoms with Crippen LogP contribution < -0.4 is 0 Å². The fourth-order valence-electron chi connectivity index (χ4n) is 1.63. The van der Waals surface area contributed by atoms with Gasteiger partial charge < -0.3 is 5.11 Å². The molecular formula is C12H13BrOS. The normalized spacial score (nSPS) is 11.5. The van der Waals surface area contributed by atoms with Gasteiger partial charge in [-0.15, -0.1) is 11.3 Å². The quantitative estimate of drug-likeness (QED) is 0.857. The van der Waals surface area contributed by atoms with E-state index in [1.807, 2.05) is 12.1 Å². The lowest BCUT2D eigenvalue weighted by molar-refractivity contribution is 0.478. The van der Waals surface area contributed by atoms with Crippen LogP contribution in [-0.4, -0.2) is 5.11 Å². The van der Waals surface area contributed by atoms with Gasteiger partial charge in [0.2, 0.25) is 0 Å². The van der Waals surface area contributed by atoms with Crippen molar-refractivity contribution in [2.75, 3.05) is 0 Å². The third-order valence-corrected chi connectivity index (χ3v) is 4.05. The van der Waals surface area contributed by atoms with E-state index in [0.29, 0.717) is 11.7 Å². The number of rotatable bonds is 2. The molecule has 1 N–H and O–H groups in total. The van der Waals surface area contributed by atoms with Crippen LogP contribution in [0.4, 0.5) is 0 Å². The maximum atomic E-state index is 9.87. The molecule has 0 bridgehead atoms. The van der Waals surface area contributed by atoms with Crippen molar-refractivity contribution < 1.29 is 5.11 Å². The first-order chi connectivity index (χ1) is 7.08. The first-order valence-corrected chi connectivity index (χ1v) is 6.58. The lowest BCUT2D eigenvalue weighted by Crippen LogP contribution is -1.89. The van der Waals surface area contributed by atoms with Crippen molar-refractivity contribution in [3.8, 4) is 5.75 Å². The van der Waals surface area contributed by atoms with Crippen molar-refractivity contribution in [2.45, 2.75) is 20.3 Å². The Bertz CT molecular complexity index is 488. The minimum absolute atomic E-state index is 0.360. The predicted molar refractivity (Wildman–Crippen MR) is 69.7 cm³/mol. The van der Waals surface area contributed by atoms with E-state index in [4.69, 9.17) is 0 Å². The highest BCUT2D eigenvalue weighted by atomic mass is 79.9. The van der Waals surface area contributed by atoms with Gasteiger partial charge in [-0.1, -0.05) is 13.8 Å². The molecule has 3 heteroatoms. The number of phenols is 1. The molecule has 0 aliphatic rings. The zero-order chi connectivity index (χ0) is 11.0. The molecule has 0 saturated heterocycles. The van der Waals surface area contributed by atoms with Gasteiger partial charge in [-0.25, -0.2) is 0 Å². The molecule has 1 aromatic carbocycles. The molecular weight excluding hydrogens is 272 g/mol. The summed E-state index contributed by atoms with van der Waals surface area (Å²) in [6.07, 6.45) is 1.08. The summed E-state index contributed by atoms with van der Waals surface area (Å²) < 4.78 is 1.93. The lowest BCUT2D eigenvalue weighted by Gasteiger charge is -1.98. The summed E-state index contributed by atoms with van der Waals surface area (Å²) in [6, 6.07) is 6.04. The summed E-state index contributed by atoms with van der Waals surface area (Å²) >= 11 is 5.10. The molecule has 0 saturated carbocycles. The predicted octanol–water partition coefficient (Wildman–Crippen LogP) is 4.57. The van der Waals surface area contributed by atoms with Crippen LogP contribution in [0.5, 0.6) is 5.75 Å². The fraction of sp³-hybridized carbons (Fsp3) is 0.333. The third-order valence-electron chi connectivity index (χ3n) is 2.28. The molecule has 15 heavy (non-hydrogen) atoms. The molecule has 0 spiro atoms. The highest BCUT2D eigenvalue weighted by Gasteiger charge is 2.09. The SMILES string of the molecule is CC(C)Cc1cc2c(O)c(Br)ccc2s1. The Morgan fingerprint density at radius 2 is 2.13 bits per heavy atom. The van der Waals surface area contributed by atoms with Crippen molar-refractivity contribution in [3.05, 3.63) is 27.5 Å². The average molecular weight is 285 g/mol. The fourth-order valence-corrected chi connectivity index (χ4v) is 3.25. The molecule has 1 nitrogen and oxygen atoms in total. The number of fused-ring (bicyclic) bond motifs is 1. The van der Waals surface area contributed by atoms with E-state index in [9.17, 15) is 5.11 Å². The van der Waals surface area contributed by atoms with Gasteiger partial charge in [0.1, 0.15) is 5.75 Å². The van der Waals surface area contributed by atoms with E-state index < -0.39 is 0 Å². The van der Waals surface area contributed by atoms with Gasteiger partial charge in [0, 0.05) is 15.0 Å². The second-order valence-corrected chi connectivity index (χ2v) is 6.14. The lowest BCUT2D eigenvalue weighted by atomic mass is 10.1. The number of phenolic OH excluding ortho intramolecular Hbond substituents is 1. The number of benzene rings is 1. The zero-order valence-electron chi connectivity index (χ0n) is 8.75. The second-order valence-electron chi connectivity index (χ2n) is 4.12. The van der Waals surface area contributed by atoms with Crippen molar-refractivity contribution in [1.29, 1.82) is 0 Å². The number of hydrogen-bond acceptors (Lipinski definition) is 2. The first kappa shape index (κ1) is 11.0. The smallest absolute Gasteiger partial charge is 0.138 e. The molecule has 1 heterocycles. The first-order valence-electron chi connectivity index (χ1n) is 4.98. The maximum absolute atomic E-state index is 9.87. The molecule has 1 aromatic heterocycles. The molecule has 2 aromatic rings. The van der Waals surface area contributed by atoms with Crippen LogP contribution >= 0.6 is 27.3 Å². The largest absolute Gasteiger partial charge is 0.506 e. The van der Waals surface area contributed by atoms with Gasteiger partial charge in [0.05, 0.1) is 4.47 Å². The third kappa shape index (κ3) is 2.18. The molecule has 80 valence electrons. The Hall–Kier alpha value is -0.540. The Morgan fingerprint density at radius 3 is 2.80 bits per heavy atom. The average Bonchev–Trinajstić information content (AvgIpc) is 2.54. The van der Waals surface area contributed by atoms with Crippen LogP contribution in [-0.2, 0) is 6.42 Å². The Morgan fingerprint density at radius 1 is 1.40 bits per heavy atom. The monoisotopic (exact) mass is 284 g/mol. The van der Waals surface area contributed by atoms with Gasteiger partial charge in [0.25, 0.3) is 0 Å². The minimum Gasteiger partial charge on any atom is -0.506 e. The molecule has 0 fully saturated rings. The van der Waals surface area contributed by atoms with E-state index in [1.165, 1.54) is 4.88 Å². The van der Waals surface area contributed by atoms with E-state index in [2.05, 4.69) is 35.8 Å². The minimum atomic E-state index is 0.360.